The third-order valence-electron chi connectivity index (χ3n) is 12.7. The van der Waals surface area contributed by atoms with Gasteiger partial charge in [0.2, 0.25) is 10.0 Å². The van der Waals surface area contributed by atoms with Gasteiger partial charge in [-0.05, 0) is 105 Å². The van der Waals surface area contributed by atoms with E-state index in [0.717, 1.165) is 94.5 Å². The Morgan fingerprint density at radius 1 is 1.06 bits per heavy atom. The van der Waals surface area contributed by atoms with Crippen molar-refractivity contribution in [3.8, 4) is 5.75 Å². The summed E-state index contributed by atoms with van der Waals surface area (Å²) >= 11 is 6.47. The van der Waals surface area contributed by atoms with E-state index >= 15 is 0 Å². The molecule has 50 heavy (non-hydrogen) atoms. The van der Waals surface area contributed by atoms with Crippen molar-refractivity contribution in [1.29, 1.82) is 0 Å². The molecular formula is C39H50ClN3O6S. The van der Waals surface area contributed by atoms with Crippen LogP contribution in [0.15, 0.2) is 48.6 Å². The number of anilines is 1. The second kappa shape index (κ2) is 13.4. The molecule has 1 saturated carbocycles. The molecule has 2 saturated heterocycles. The summed E-state index contributed by atoms with van der Waals surface area (Å²) in [7, 11) is -3.92. The van der Waals surface area contributed by atoms with Crippen LogP contribution in [0, 0.1) is 23.2 Å². The van der Waals surface area contributed by atoms with Gasteiger partial charge in [0, 0.05) is 54.1 Å². The zero-order valence-corrected chi connectivity index (χ0v) is 30.8. The average Bonchev–Trinajstić information content (AvgIpc) is 3.18. The van der Waals surface area contributed by atoms with Crippen LogP contribution in [0.2, 0.25) is 5.02 Å². The van der Waals surface area contributed by atoms with Crippen LogP contribution in [0.3, 0.4) is 0 Å². The number of likely N-dealkylation sites (tertiary alicyclic amines) is 1. The fraction of sp³-hybridized carbons (Fsp3) is 0.615. The number of amides is 1. The molecule has 2 aromatic carbocycles. The number of sulfonamides is 1. The Morgan fingerprint density at radius 2 is 1.90 bits per heavy atom. The number of halogens is 1. The second-order valence-corrected chi connectivity index (χ2v) is 18.6. The first-order valence-corrected chi connectivity index (χ1v) is 20.4. The summed E-state index contributed by atoms with van der Waals surface area (Å²) in [6, 6.07) is 11.6. The van der Waals surface area contributed by atoms with E-state index in [0.29, 0.717) is 42.4 Å². The van der Waals surface area contributed by atoms with Crippen molar-refractivity contribution in [2.45, 2.75) is 69.1 Å². The van der Waals surface area contributed by atoms with E-state index in [1.165, 1.54) is 11.1 Å². The number of fused-ring (bicyclic) bond motifs is 4. The number of ether oxygens (including phenoxy) is 3. The lowest BCUT2D eigenvalue weighted by Crippen LogP contribution is -2.66. The van der Waals surface area contributed by atoms with Crippen molar-refractivity contribution in [3.05, 3.63) is 70.3 Å². The lowest BCUT2D eigenvalue weighted by Gasteiger charge is -2.55. The minimum Gasteiger partial charge on any atom is -0.490 e. The topological polar surface area (TPSA) is 97.4 Å². The molecule has 0 unspecified atom stereocenters. The van der Waals surface area contributed by atoms with Crippen molar-refractivity contribution in [2.75, 3.05) is 64.1 Å². The normalized spacial score (nSPS) is 33.8. The Bertz CT molecular complexity index is 1760. The Morgan fingerprint density at radius 3 is 2.66 bits per heavy atom. The molecule has 1 amide bonds. The molecule has 270 valence electrons. The van der Waals surface area contributed by atoms with Gasteiger partial charge in [-0.25, -0.2) is 13.1 Å². The fourth-order valence-electron chi connectivity index (χ4n) is 9.27. The third kappa shape index (κ3) is 6.48. The molecule has 8 rings (SSSR count). The number of allylic oxidation sites excluding steroid dienone is 1. The number of nitrogens with zero attached hydrogens (tertiary/aromatic N) is 2. The van der Waals surface area contributed by atoms with Gasteiger partial charge in [-0.2, -0.15) is 0 Å². The standard InChI is InChI=1S/C39H50ClN3O6S/c1-26-5-3-7-35(48-16-15-42-20-38(21-42)23-47-24-38)32-11-8-30(32)19-43-22-39(14-4-6-28-17-31(40)10-12-33(28)39)25-49-36-13-9-29(18-34(36)43)37(44)41-50(45,46)27(26)2/h3,7,9-10,12-13,17-18,26-27,30,32,35H,4-6,8,11,14-16,19-25H2,1-2H3,(H,41,44)/b7-3-/t26-,27+,30-,32+,35-,39-/m0/s1. The molecule has 4 aliphatic heterocycles. The second-order valence-electron chi connectivity index (χ2n) is 16.1. The maximum atomic E-state index is 13.5. The van der Waals surface area contributed by atoms with Crippen LogP contribution >= 0.6 is 11.6 Å². The Kier molecular flexibility index (Phi) is 9.24. The van der Waals surface area contributed by atoms with Crippen LogP contribution in [-0.2, 0) is 31.3 Å². The molecule has 11 heteroatoms. The van der Waals surface area contributed by atoms with Gasteiger partial charge < -0.3 is 19.1 Å². The number of carbonyl (C=O) groups excluding carboxylic acids is 1. The predicted molar refractivity (Wildman–Crippen MR) is 195 cm³/mol. The summed E-state index contributed by atoms with van der Waals surface area (Å²) in [6.45, 7) is 11.1. The molecule has 6 aliphatic rings. The first-order valence-electron chi connectivity index (χ1n) is 18.5. The van der Waals surface area contributed by atoms with Crippen molar-refractivity contribution in [2.24, 2.45) is 23.2 Å². The van der Waals surface area contributed by atoms with Gasteiger partial charge in [0.15, 0.2) is 0 Å². The highest BCUT2D eigenvalue weighted by Crippen LogP contribution is 2.47. The number of aryl methyl sites for hydroxylation is 1. The lowest BCUT2D eigenvalue weighted by atomic mass is 9.68. The zero-order chi connectivity index (χ0) is 34.7. The van der Waals surface area contributed by atoms with Crippen LogP contribution in [0.1, 0.15) is 67.4 Å². The fourth-order valence-corrected chi connectivity index (χ4v) is 10.8. The highest BCUT2D eigenvalue weighted by Gasteiger charge is 2.49. The summed E-state index contributed by atoms with van der Waals surface area (Å²) < 4.78 is 48.1. The van der Waals surface area contributed by atoms with Crippen LogP contribution in [0.4, 0.5) is 5.69 Å². The first-order chi connectivity index (χ1) is 24.0. The molecule has 1 N–H and O–H groups in total. The summed E-state index contributed by atoms with van der Waals surface area (Å²) in [5.74, 6) is 0.648. The van der Waals surface area contributed by atoms with E-state index in [1.54, 1.807) is 13.0 Å². The van der Waals surface area contributed by atoms with Gasteiger partial charge >= 0.3 is 0 Å². The van der Waals surface area contributed by atoms with Gasteiger partial charge in [-0.1, -0.05) is 36.7 Å². The lowest BCUT2D eigenvalue weighted by molar-refractivity contribution is -0.192. The van der Waals surface area contributed by atoms with Crippen LogP contribution in [-0.4, -0.2) is 89.7 Å². The maximum Gasteiger partial charge on any atom is 0.264 e. The van der Waals surface area contributed by atoms with Gasteiger partial charge in [0.05, 0.1) is 43.5 Å². The number of benzene rings is 2. The first kappa shape index (κ1) is 34.5. The predicted octanol–water partition coefficient (Wildman–Crippen LogP) is 5.60. The van der Waals surface area contributed by atoms with Crippen molar-refractivity contribution in [3.63, 3.8) is 0 Å². The van der Waals surface area contributed by atoms with Gasteiger partial charge in [0.25, 0.3) is 5.91 Å². The van der Waals surface area contributed by atoms with Gasteiger partial charge in [-0.15, -0.1) is 0 Å². The van der Waals surface area contributed by atoms with Crippen LogP contribution < -0.4 is 14.4 Å². The van der Waals surface area contributed by atoms with E-state index in [2.05, 4.69) is 38.8 Å². The number of hydrogen-bond donors (Lipinski definition) is 1. The number of carbonyl (C=O) groups is 1. The van der Waals surface area contributed by atoms with Crippen molar-refractivity contribution >= 4 is 33.2 Å². The molecular weight excluding hydrogens is 674 g/mol. The van der Waals surface area contributed by atoms with Crippen molar-refractivity contribution in [1.82, 2.24) is 9.62 Å². The Hall–Kier alpha value is -2.63. The number of nitrogens with one attached hydrogen (secondary N) is 1. The quantitative estimate of drug-likeness (QED) is 0.408. The molecule has 4 heterocycles. The maximum absolute atomic E-state index is 13.5. The average molecular weight is 724 g/mol. The third-order valence-corrected chi connectivity index (χ3v) is 14.8. The zero-order valence-electron chi connectivity index (χ0n) is 29.2. The molecule has 0 radical (unpaired) electrons. The largest absolute Gasteiger partial charge is 0.490 e. The van der Waals surface area contributed by atoms with Gasteiger partial charge in [-0.3, -0.25) is 9.69 Å². The minimum atomic E-state index is -3.92. The smallest absolute Gasteiger partial charge is 0.264 e. The Balaban J connectivity index is 1.11. The van der Waals surface area contributed by atoms with Crippen molar-refractivity contribution < 1.29 is 27.4 Å². The van der Waals surface area contributed by atoms with E-state index in [4.69, 9.17) is 25.8 Å². The van der Waals surface area contributed by atoms with Gasteiger partial charge in [0.1, 0.15) is 5.75 Å². The van der Waals surface area contributed by atoms with E-state index in [-0.39, 0.29) is 17.4 Å². The number of rotatable bonds is 4. The molecule has 2 spiro atoms. The molecule has 9 nitrogen and oxygen atoms in total. The van der Waals surface area contributed by atoms with E-state index in [1.807, 2.05) is 25.1 Å². The molecule has 0 aromatic heterocycles. The van der Waals surface area contributed by atoms with Crippen LogP contribution in [0.5, 0.6) is 5.75 Å². The molecule has 3 fully saturated rings. The monoisotopic (exact) mass is 723 g/mol. The minimum absolute atomic E-state index is 0.0525. The highest BCUT2D eigenvalue weighted by molar-refractivity contribution is 7.90. The molecule has 2 aliphatic carbocycles. The summed E-state index contributed by atoms with van der Waals surface area (Å²) in [6.07, 6.45) is 10.0. The molecule has 2 aromatic rings. The molecule has 2 bridgehead atoms. The van der Waals surface area contributed by atoms with E-state index < -0.39 is 21.2 Å². The number of hydrogen-bond acceptors (Lipinski definition) is 8. The van der Waals surface area contributed by atoms with E-state index in [9.17, 15) is 13.2 Å². The molecule has 6 atom stereocenters. The van der Waals surface area contributed by atoms with Crippen LogP contribution in [0.25, 0.3) is 0 Å². The summed E-state index contributed by atoms with van der Waals surface area (Å²) in [5.41, 5.74) is 3.85. The summed E-state index contributed by atoms with van der Waals surface area (Å²) in [5, 5.41) is -0.00512. The summed E-state index contributed by atoms with van der Waals surface area (Å²) in [4.78, 5) is 18.4. The highest BCUT2D eigenvalue weighted by atomic mass is 35.5. The SMILES string of the molecule is C[C@@H]1[C@@H](C)C/C=C\[C@H](OCCN2CC3(COC3)C2)[C@@H]2CC[C@H]2CN2C[C@@]3(CCCc4cc(Cl)ccc43)COc3ccc(cc32)C(=O)NS1(=O)=O. The Labute approximate surface area is 301 Å².